The third-order valence-corrected chi connectivity index (χ3v) is 2.10. The lowest BCUT2D eigenvalue weighted by atomic mass is 10.0. The van der Waals surface area contributed by atoms with Crippen molar-refractivity contribution < 1.29 is 1.43 Å². The van der Waals surface area contributed by atoms with E-state index in [2.05, 4.69) is 35.9 Å². The molecule has 0 spiro atoms. The second kappa shape index (κ2) is 2.63. The maximum Gasteiger partial charge on any atom is 0.0931 e. The van der Waals surface area contributed by atoms with E-state index in [9.17, 15) is 0 Å². The van der Waals surface area contributed by atoms with Crippen LogP contribution in [0.5, 0.6) is 0 Å². The molecule has 1 N–H and O–H groups in total. The second-order valence-electron chi connectivity index (χ2n) is 3.30. The first-order valence-corrected chi connectivity index (χ1v) is 4.21. The number of rotatable bonds is 1. The van der Waals surface area contributed by atoms with Gasteiger partial charge in [0.1, 0.15) is 0 Å². The first kappa shape index (κ1) is 7.35. The van der Waals surface area contributed by atoms with Crippen LogP contribution in [-0.4, -0.2) is 9.97 Å². The number of benzene rings is 1. The molecule has 0 saturated carbocycles. The smallest absolute Gasteiger partial charge is 0.0931 e. The molecule has 1 aromatic heterocycles. The van der Waals surface area contributed by atoms with Gasteiger partial charge in [-0.15, -0.1) is 0 Å². The van der Waals surface area contributed by atoms with Crippen LogP contribution >= 0.6 is 0 Å². The van der Waals surface area contributed by atoms with Gasteiger partial charge in [-0.2, -0.15) is 0 Å². The summed E-state index contributed by atoms with van der Waals surface area (Å²) in [6, 6.07) is 6.25. The number of H-pyrrole nitrogens is 1. The standard InChI is InChI=1S/C10H12N2.H2/c1-7(2)8-4-3-5-9-10(8)12-6-11-9;/h3-7H,1-2H3,(H,11,12);1H. The molecule has 0 fully saturated rings. The fraction of sp³-hybridized carbons (Fsp3) is 0.300. The van der Waals surface area contributed by atoms with Crippen molar-refractivity contribution in [1.29, 1.82) is 0 Å². The van der Waals surface area contributed by atoms with E-state index in [0.29, 0.717) is 5.92 Å². The summed E-state index contributed by atoms with van der Waals surface area (Å²) in [6.45, 7) is 4.37. The van der Waals surface area contributed by atoms with Crippen LogP contribution in [0.25, 0.3) is 11.0 Å². The Bertz CT molecular complexity index is 392. The first-order valence-electron chi connectivity index (χ1n) is 4.21. The molecule has 0 bridgehead atoms. The Balaban J connectivity index is 0.000000845. The van der Waals surface area contributed by atoms with Gasteiger partial charge in [0.05, 0.1) is 17.4 Å². The van der Waals surface area contributed by atoms with Gasteiger partial charge >= 0.3 is 0 Å². The number of hydrogen-bond acceptors (Lipinski definition) is 1. The lowest BCUT2D eigenvalue weighted by Gasteiger charge is -2.04. The third kappa shape index (κ3) is 0.998. The molecule has 0 radical (unpaired) electrons. The number of para-hydroxylation sites is 1. The Morgan fingerprint density at radius 1 is 1.42 bits per heavy atom. The maximum absolute atomic E-state index is 4.28. The summed E-state index contributed by atoms with van der Waals surface area (Å²) in [5.74, 6) is 0.539. The summed E-state index contributed by atoms with van der Waals surface area (Å²) in [4.78, 5) is 7.39. The fourth-order valence-electron chi connectivity index (χ4n) is 1.45. The van der Waals surface area contributed by atoms with E-state index < -0.39 is 0 Å². The van der Waals surface area contributed by atoms with E-state index >= 15 is 0 Å². The van der Waals surface area contributed by atoms with E-state index in [1.54, 1.807) is 6.33 Å². The molecule has 0 saturated heterocycles. The monoisotopic (exact) mass is 162 g/mol. The van der Waals surface area contributed by atoms with Crippen molar-refractivity contribution in [3.63, 3.8) is 0 Å². The van der Waals surface area contributed by atoms with Gasteiger partial charge in [0.25, 0.3) is 0 Å². The molecule has 2 nitrogen and oxygen atoms in total. The zero-order valence-corrected chi connectivity index (χ0v) is 7.33. The Kier molecular flexibility index (Phi) is 1.61. The molecular weight excluding hydrogens is 148 g/mol. The summed E-state index contributed by atoms with van der Waals surface area (Å²) in [6.07, 6.45) is 1.75. The summed E-state index contributed by atoms with van der Waals surface area (Å²) in [5, 5.41) is 0. The maximum atomic E-state index is 4.28. The average Bonchev–Trinajstić information content (AvgIpc) is 2.49. The van der Waals surface area contributed by atoms with Crippen LogP contribution in [-0.2, 0) is 0 Å². The Morgan fingerprint density at radius 3 is 3.00 bits per heavy atom. The van der Waals surface area contributed by atoms with Gasteiger partial charge in [-0.1, -0.05) is 26.0 Å². The Labute approximate surface area is 73.1 Å². The highest BCUT2D eigenvalue weighted by Crippen LogP contribution is 2.21. The minimum absolute atomic E-state index is 0. The summed E-state index contributed by atoms with van der Waals surface area (Å²) >= 11 is 0. The summed E-state index contributed by atoms with van der Waals surface area (Å²) < 4.78 is 0. The minimum Gasteiger partial charge on any atom is -0.345 e. The Morgan fingerprint density at radius 2 is 2.25 bits per heavy atom. The highest BCUT2D eigenvalue weighted by molar-refractivity contribution is 5.78. The van der Waals surface area contributed by atoms with Gasteiger partial charge in [-0.3, -0.25) is 0 Å². The Hall–Kier alpha value is -1.31. The molecule has 0 aliphatic rings. The van der Waals surface area contributed by atoms with Crippen LogP contribution in [0, 0.1) is 0 Å². The third-order valence-electron chi connectivity index (χ3n) is 2.10. The lowest BCUT2D eigenvalue weighted by Crippen LogP contribution is -1.88. The number of nitrogens with one attached hydrogen (secondary N) is 1. The van der Waals surface area contributed by atoms with Crippen molar-refractivity contribution >= 4 is 11.0 Å². The van der Waals surface area contributed by atoms with E-state index in [-0.39, 0.29) is 1.43 Å². The van der Waals surface area contributed by atoms with Crippen molar-refractivity contribution in [1.82, 2.24) is 9.97 Å². The molecule has 0 aliphatic heterocycles. The minimum atomic E-state index is 0. The average molecular weight is 162 g/mol. The first-order chi connectivity index (χ1) is 5.79. The van der Waals surface area contributed by atoms with Gasteiger partial charge in [-0.05, 0) is 17.5 Å². The fourth-order valence-corrected chi connectivity index (χ4v) is 1.45. The highest BCUT2D eigenvalue weighted by atomic mass is 14.9. The number of nitrogens with zero attached hydrogens (tertiary/aromatic N) is 1. The zero-order valence-electron chi connectivity index (χ0n) is 7.33. The molecule has 1 heterocycles. The van der Waals surface area contributed by atoms with Crippen molar-refractivity contribution in [2.24, 2.45) is 0 Å². The molecule has 0 aliphatic carbocycles. The number of aromatic nitrogens is 2. The van der Waals surface area contributed by atoms with Gasteiger partial charge in [0.15, 0.2) is 0 Å². The lowest BCUT2D eigenvalue weighted by molar-refractivity contribution is 0.873. The van der Waals surface area contributed by atoms with Crippen LogP contribution < -0.4 is 0 Å². The van der Waals surface area contributed by atoms with E-state index in [0.717, 1.165) is 11.0 Å². The van der Waals surface area contributed by atoms with E-state index in [1.807, 2.05) is 6.07 Å². The number of hydrogen-bond donors (Lipinski definition) is 1. The van der Waals surface area contributed by atoms with E-state index in [4.69, 9.17) is 0 Å². The molecule has 2 heteroatoms. The summed E-state index contributed by atoms with van der Waals surface area (Å²) in [5.41, 5.74) is 3.54. The normalized spacial score (nSPS) is 11.2. The zero-order chi connectivity index (χ0) is 8.55. The van der Waals surface area contributed by atoms with Crippen LogP contribution in [0.4, 0.5) is 0 Å². The molecular formula is C10H14N2. The predicted octanol–water partition coefficient (Wildman–Crippen LogP) is 2.93. The molecule has 0 atom stereocenters. The second-order valence-corrected chi connectivity index (χ2v) is 3.30. The molecule has 12 heavy (non-hydrogen) atoms. The molecule has 2 rings (SSSR count). The molecule has 0 unspecified atom stereocenters. The molecule has 2 aromatic rings. The number of fused-ring (bicyclic) bond motifs is 1. The van der Waals surface area contributed by atoms with Crippen molar-refractivity contribution in [2.75, 3.05) is 0 Å². The quantitative estimate of drug-likeness (QED) is 0.686. The molecule has 0 amide bonds. The van der Waals surface area contributed by atoms with Gasteiger partial charge in [0.2, 0.25) is 0 Å². The SMILES string of the molecule is CC(C)c1cccc2[nH]cnc12.[HH]. The van der Waals surface area contributed by atoms with Crippen molar-refractivity contribution in [3.8, 4) is 0 Å². The van der Waals surface area contributed by atoms with Gasteiger partial charge < -0.3 is 4.98 Å². The van der Waals surface area contributed by atoms with Crippen LogP contribution in [0.2, 0.25) is 0 Å². The number of aromatic amines is 1. The van der Waals surface area contributed by atoms with Crippen LogP contribution in [0.3, 0.4) is 0 Å². The predicted molar refractivity (Wildman–Crippen MR) is 52.3 cm³/mol. The highest BCUT2D eigenvalue weighted by Gasteiger charge is 2.05. The molecule has 64 valence electrons. The van der Waals surface area contributed by atoms with E-state index in [1.165, 1.54) is 5.56 Å². The summed E-state index contributed by atoms with van der Waals surface area (Å²) in [7, 11) is 0. The van der Waals surface area contributed by atoms with Crippen LogP contribution in [0.1, 0.15) is 26.8 Å². The largest absolute Gasteiger partial charge is 0.345 e. The van der Waals surface area contributed by atoms with Crippen LogP contribution in [0.15, 0.2) is 24.5 Å². The van der Waals surface area contributed by atoms with Gasteiger partial charge in [-0.25, -0.2) is 4.98 Å². The van der Waals surface area contributed by atoms with Gasteiger partial charge in [0, 0.05) is 1.43 Å². The topological polar surface area (TPSA) is 28.7 Å². The molecule has 1 aromatic carbocycles. The number of imidazole rings is 1. The van der Waals surface area contributed by atoms with Crippen molar-refractivity contribution in [3.05, 3.63) is 30.1 Å². The van der Waals surface area contributed by atoms with Crippen molar-refractivity contribution in [2.45, 2.75) is 19.8 Å².